The van der Waals surface area contributed by atoms with Crippen molar-refractivity contribution in [3.05, 3.63) is 28.4 Å². The topological polar surface area (TPSA) is 86.9 Å². The monoisotopic (exact) mass is 728 g/mol. The molecular weight excluding hydrogens is 672 g/mol. The number of nitrogens with zero attached hydrogens (tertiary/aromatic N) is 6. The number of halogens is 1. The molecule has 1 amide bonds. The molecule has 1 aromatic carbocycles. The third-order valence-electron chi connectivity index (χ3n) is 10.8. The minimum atomic E-state index is -1.28. The maximum atomic E-state index is 13.7. The number of fused-ring (bicyclic) bond motifs is 3. The van der Waals surface area contributed by atoms with Crippen LogP contribution in [0.2, 0.25) is 56.4 Å². The maximum absolute atomic E-state index is 13.7. The first-order valence-electron chi connectivity index (χ1n) is 18.1. The summed E-state index contributed by atoms with van der Waals surface area (Å²) >= 11 is 7.13. The van der Waals surface area contributed by atoms with E-state index in [1.807, 2.05) is 26.1 Å². The fourth-order valence-electron chi connectivity index (χ4n) is 7.20. The standard InChI is InChI=1S/C36H57ClN6O4Si2/c1-25(41-10-12-45-13-11-41)35(44)40(3)27-19-29(37)33-30(20-27)38-34(42(33)23-46-14-16-48(4,5)6)32-28-18-26-21-36(26,2)22-31(28)43(39-32)24-47-15-17-49(7,8)9/h19-20,25-26H,10-18,21-24H2,1-9H3/t25?,26-,36-/m1/s1. The van der Waals surface area contributed by atoms with Crippen molar-refractivity contribution >= 4 is 50.4 Å². The second-order valence-electron chi connectivity index (χ2n) is 17.3. The van der Waals surface area contributed by atoms with Gasteiger partial charge < -0.3 is 19.1 Å². The molecule has 270 valence electrons. The van der Waals surface area contributed by atoms with E-state index in [9.17, 15) is 4.79 Å². The predicted octanol–water partition coefficient (Wildman–Crippen LogP) is 6.99. The summed E-state index contributed by atoms with van der Waals surface area (Å²) in [5.74, 6) is 1.44. The molecule has 0 bridgehead atoms. The number of rotatable bonds is 14. The molecule has 0 spiro atoms. The number of carbonyl (C=O) groups is 1. The Morgan fingerprint density at radius 3 is 2.39 bits per heavy atom. The smallest absolute Gasteiger partial charge is 0.243 e. The minimum absolute atomic E-state index is 0.0149. The summed E-state index contributed by atoms with van der Waals surface area (Å²) in [5.41, 5.74) is 6.03. The molecule has 0 N–H and O–H groups in total. The van der Waals surface area contributed by atoms with Gasteiger partial charge in [-0.15, -0.1) is 0 Å². The van der Waals surface area contributed by atoms with Crippen LogP contribution < -0.4 is 4.90 Å². The molecule has 1 saturated heterocycles. The van der Waals surface area contributed by atoms with E-state index >= 15 is 0 Å². The number of morpholine rings is 1. The van der Waals surface area contributed by atoms with Gasteiger partial charge in [-0.2, -0.15) is 5.10 Å². The van der Waals surface area contributed by atoms with Gasteiger partial charge in [-0.1, -0.05) is 57.8 Å². The molecule has 49 heavy (non-hydrogen) atoms. The van der Waals surface area contributed by atoms with Crippen LogP contribution in [0.4, 0.5) is 5.69 Å². The molecule has 3 heterocycles. The number of imidazole rings is 1. The van der Waals surface area contributed by atoms with Gasteiger partial charge in [0, 0.05) is 66.4 Å². The zero-order valence-corrected chi connectivity index (χ0v) is 34.0. The van der Waals surface area contributed by atoms with E-state index in [4.69, 9.17) is 35.9 Å². The third-order valence-corrected chi connectivity index (χ3v) is 14.5. The zero-order chi connectivity index (χ0) is 35.3. The SMILES string of the molecule is CC(C(=O)N(C)c1cc(Cl)c2c(c1)nc(-c1nn(COCC[Si](C)(C)C)c3c1C[C@@H]1C[C@]1(C)C3)n2COCC[Si](C)(C)C)N1CCOCC1. The Balaban J connectivity index is 1.37. The molecule has 10 nitrogen and oxygen atoms in total. The zero-order valence-electron chi connectivity index (χ0n) is 31.2. The number of ether oxygens (including phenoxy) is 3. The summed E-state index contributed by atoms with van der Waals surface area (Å²) in [6.07, 6.45) is 3.24. The molecule has 2 aliphatic carbocycles. The average Bonchev–Trinajstić information content (AvgIpc) is 3.39. The van der Waals surface area contributed by atoms with E-state index in [-0.39, 0.29) is 11.9 Å². The molecule has 3 aliphatic rings. The lowest BCUT2D eigenvalue weighted by Gasteiger charge is -2.33. The highest BCUT2D eigenvalue weighted by atomic mass is 35.5. The van der Waals surface area contributed by atoms with Gasteiger partial charge in [0.15, 0.2) is 5.82 Å². The van der Waals surface area contributed by atoms with Crippen LogP contribution in [0.5, 0.6) is 0 Å². The number of amides is 1. The quantitative estimate of drug-likeness (QED) is 0.131. The van der Waals surface area contributed by atoms with Crippen molar-refractivity contribution in [2.75, 3.05) is 51.5 Å². The van der Waals surface area contributed by atoms with E-state index in [2.05, 4.69) is 60.4 Å². The lowest BCUT2D eigenvalue weighted by molar-refractivity contribution is -0.124. The molecule has 0 radical (unpaired) electrons. The molecule has 3 atom stereocenters. The lowest BCUT2D eigenvalue weighted by Crippen LogP contribution is -2.50. The van der Waals surface area contributed by atoms with Crippen LogP contribution in [0, 0.1) is 11.3 Å². The molecule has 1 saturated carbocycles. The van der Waals surface area contributed by atoms with Crippen molar-refractivity contribution in [2.24, 2.45) is 11.3 Å². The summed E-state index contributed by atoms with van der Waals surface area (Å²) in [6.45, 7) is 23.6. The third kappa shape index (κ3) is 8.21. The molecule has 2 fully saturated rings. The summed E-state index contributed by atoms with van der Waals surface area (Å²) in [5, 5.41) is 5.78. The number of aromatic nitrogens is 4. The van der Waals surface area contributed by atoms with Crippen molar-refractivity contribution in [1.29, 1.82) is 0 Å². The van der Waals surface area contributed by atoms with Crippen molar-refractivity contribution in [2.45, 2.75) is 104 Å². The predicted molar refractivity (Wildman–Crippen MR) is 203 cm³/mol. The van der Waals surface area contributed by atoms with Crippen LogP contribution in [-0.2, 0) is 45.3 Å². The average molecular weight is 730 g/mol. The van der Waals surface area contributed by atoms with Gasteiger partial charge in [-0.05, 0) is 61.7 Å². The summed E-state index contributed by atoms with van der Waals surface area (Å²) < 4.78 is 22.3. The van der Waals surface area contributed by atoms with Crippen molar-refractivity contribution in [3.8, 4) is 11.5 Å². The van der Waals surface area contributed by atoms with Crippen LogP contribution in [0.3, 0.4) is 0 Å². The fraction of sp³-hybridized carbons (Fsp3) is 0.694. The first-order valence-corrected chi connectivity index (χ1v) is 25.9. The largest absolute Gasteiger partial charge is 0.379 e. The minimum Gasteiger partial charge on any atom is -0.379 e. The maximum Gasteiger partial charge on any atom is 0.243 e. The van der Waals surface area contributed by atoms with Crippen molar-refractivity contribution in [3.63, 3.8) is 0 Å². The second-order valence-corrected chi connectivity index (χ2v) is 28.9. The molecular formula is C36H57ClN6O4Si2. The van der Waals surface area contributed by atoms with Crippen LogP contribution in [0.1, 0.15) is 31.5 Å². The van der Waals surface area contributed by atoms with Gasteiger partial charge in [0.2, 0.25) is 5.91 Å². The van der Waals surface area contributed by atoms with E-state index in [1.54, 1.807) is 4.90 Å². The lowest BCUT2D eigenvalue weighted by atomic mass is 9.87. The van der Waals surface area contributed by atoms with Gasteiger partial charge in [0.25, 0.3) is 0 Å². The number of carbonyl (C=O) groups excluding carboxylic acids is 1. The molecule has 13 heteroatoms. The van der Waals surface area contributed by atoms with E-state index in [0.29, 0.717) is 49.6 Å². The highest BCUT2D eigenvalue weighted by Gasteiger charge is 2.54. The van der Waals surface area contributed by atoms with Gasteiger partial charge in [-0.3, -0.25) is 14.3 Å². The van der Waals surface area contributed by atoms with Crippen LogP contribution >= 0.6 is 11.6 Å². The summed E-state index contributed by atoms with van der Waals surface area (Å²) in [4.78, 5) is 22.8. The van der Waals surface area contributed by atoms with Gasteiger partial charge in [-0.25, -0.2) is 9.67 Å². The van der Waals surface area contributed by atoms with Crippen molar-refractivity contribution in [1.82, 2.24) is 24.2 Å². The first kappa shape index (κ1) is 36.7. The molecule has 1 unspecified atom stereocenters. The Hall–Kier alpha value is -2.07. The summed E-state index contributed by atoms with van der Waals surface area (Å²) in [6, 6.07) is 5.78. The van der Waals surface area contributed by atoms with E-state index in [1.165, 1.54) is 17.7 Å². The van der Waals surface area contributed by atoms with Gasteiger partial charge in [0.1, 0.15) is 19.2 Å². The normalized spacial score (nSPS) is 21.9. The van der Waals surface area contributed by atoms with Crippen molar-refractivity contribution < 1.29 is 19.0 Å². The number of anilines is 1. The Morgan fingerprint density at radius 1 is 1.08 bits per heavy atom. The Bertz CT molecular complexity index is 1670. The highest BCUT2D eigenvalue weighted by molar-refractivity contribution is 6.76. The van der Waals surface area contributed by atoms with Gasteiger partial charge >= 0.3 is 0 Å². The highest BCUT2D eigenvalue weighted by Crippen LogP contribution is 2.60. The van der Waals surface area contributed by atoms with Gasteiger partial charge in [0.05, 0.1) is 35.3 Å². The van der Waals surface area contributed by atoms with E-state index < -0.39 is 16.1 Å². The molecule has 1 aliphatic heterocycles. The number of likely N-dealkylation sites (N-methyl/N-ethyl adjacent to an activating group) is 1. The molecule has 6 rings (SSSR count). The molecule has 2 aromatic heterocycles. The first-order chi connectivity index (χ1) is 23.0. The Kier molecular flexibility index (Phi) is 10.6. The number of hydrogen-bond acceptors (Lipinski definition) is 7. The number of hydrogen-bond donors (Lipinski definition) is 0. The molecule has 3 aromatic rings. The van der Waals surface area contributed by atoms with Crippen LogP contribution in [0.15, 0.2) is 12.1 Å². The summed E-state index contributed by atoms with van der Waals surface area (Å²) in [7, 11) is -0.666. The van der Waals surface area contributed by atoms with Crippen LogP contribution in [-0.4, -0.2) is 98.9 Å². The van der Waals surface area contributed by atoms with Crippen LogP contribution in [0.25, 0.3) is 22.6 Å². The number of benzene rings is 1. The second kappa shape index (κ2) is 14.2. The van der Waals surface area contributed by atoms with E-state index in [0.717, 1.165) is 72.9 Å². The fourth-order valence-corrected chi connectivity index (χ4v) is 9.02. The Labute approximate surface area is 299 Å². The Morgan fingerprint density at radius 2 is 1.73 bits per heavy atom.